The second-order valence-electron chi connectivity index (χ2n) is 4.35. The molecular formula is C16H15NO2. The topological polar surface area (TPSA) is 31.4 Å². The van der Waals surface area contributed by atoms with Gasteiger partial charge >= 0.3 is 0 Å². The van der Waals surface area contributed by atoms with Gasteiger partial charge in [0.25, 0.3) is 0 Å². The molecule has 0 saturated heterocycles. The van der Waals surface area contributed by atoms with Crippen molar-refractivity contribution in [3.05, 3.63) is 59.4 Å². The number of methoxy groups -OCH3 is 1. The lowest BCUT2D eigenvalue weighted by molar-refractivity contribution is 0.302. The fourth-order valence-electron chi connectivity index (χ4n) is 2.37. The van der Waals surface area contributed by atoms with Crippen molar-refractivity contribution >= 4 is 5.57 Å². The minimum Gasteiger partial charge on any atom is -0.497 e. The number of ether oxygens (including phenoxy) is 2. The number of fused-ring (bicyclic) bond motifs is 2. The maximum atomic E-state index is 5.85. The number of nitrogens with zero attached hydrogens (tertiary/aromatic N) is 1. The van der Waals surface area contributed by atoms with E-state index in [9.17, 15) is 0 Å². The zero-order chi connectivity index (χ0) is 13.2. The van der Waals surface area contributed by atoms with Gasteiger partial charge in [-0.1, -0.05) is 12.1 Å². The first kappa shape index (κ1) is 11.8. The van der Waals surface area contributed by atoms with Gasteiger partial charge in [-0.25, -0.2) is 0 Å². The van der Waals surface area contributed by atoms with Gasteiger partial charge < -0.3 is 9.47 Å². The van der Waals surface area contributed by atoms with Crippen molar-refractivity contribution in [1.82, 2.24) is 4.98 Å². The monoisotopic (exact) mass is 253 g/mol. The van der Waals surface area contributed by atoms with Gasteiger partial charge in [0.15, 0.2) is 0 Å². The summed E-state index contributed by atoms with van der Waals surface area (Å²) in [6.07, 6.45) is 3.89. The molecule has 0 atom stereocenters. The van der Waals surface area contributed by atoms with Gasteiger partial charge in [0.05, 0.1) is 12.8 Å². The molecule has 1 aliphatic heterocycles. The Balaban J connectivity index is 2.23. The fraction of sp³-hybridized carbons (Fsp3) is 0.188. The van der Waals surface area contributed by atoms with Crippen LogP contribution in [0.1, 0.15) is 23.7 Å². The van der Waals surface area contributed by atoms with Crippen LogP contribution in [-0.4, -0.2) is 12.1 Å². The van der Waals surface area contributed by atoms with Crippen LogP contribution in [0, 0.1) is 0 Å². The third-order valence-corrected chi connectivity index (χ3v) is 3.31. The highest BCUT2D eigenvalue weighted by Crippen LogP contribution is 2.37. The lowest BCUT2D eigenvalue weighted by Crippen LogP contribution is -1.98. The van der Waals surface area contributed by atoms with E-state index in [1.165, 1.54) is 0 Å². The Hall–Kier alpha value is -2.29. The van der Waals surface area contributed by atoms with Gasteiger partial charge in [-0.3, -0.25) is 4.98 Å². The van der Waals surface area contributed by atoms with Gasteiger partial charge in [-0.15, -0.1) is 0 Å². The molecule has 3 rings (SSSR count). The quantitative estimate of drug-likeness (QED) is 0.780. The molecule has 0 fully saturated rings. The molecule has 96 valence electrons. The Kier molecular flexibility index (Phi) is 2.95. The van der Waals surface area contributed by atoms with Crippen LogP contribution in [0.4, 0.5) is 0 Å². The number of aromatic nitrogens is 1. The first-order valence-electron chi connectivity index (χ1n) is 6.25. The van der Waals surface area contributed by atoms with Crippen LogP contribution in [-0.2, 0) is 6.61 Å². The van der Waals surface area contributed by atoms with Crippen molar-refractivity contribution in [2.75, 3.05) is 7.11 Å². The maximum Gasteiger partial charge on any atom is 0.131 e. The second kappa shape index (κ2) is 4.76. The van der Waals surface area contributed by atoms with Crippen LogP contribution < -0.4 is 9.47 Å². The van der Waals surface area contributed by atoms with Crippen LogP contribution in [0.25, 0.3) is 5.57 Å². The standard InChI is InChI=1S/C16H15NO2/c1-3-12-13-5-4-8-17-15(13)10-19-16-7-6-11(18-2)9-14(12)16/h3-9H,10H2,1-2H3/b12-3+. The summed E-state index contributed by atoms with van der Waals surface area (Å²) < 4.78 is 11.2. The van der Waals surface area contributed by atoms with E-state index in [4.69, 9.17) is 9.47 Å². The summed E-state index contributed by atoms with van der Waals surface area (Å²) >= 11 is 0. The summed E-state index contributed by atoms with van der Waals surface area (Å²) in [6.45, 7) is 2.52. The van der Waals surface area contributed by atoms with E-state index < -0.39 is 0 Å². The molecule has 1 aromatic carbocycles. The van der Waals surface area contributed by atoms with Gasteiger partial charge in [0, 0.05) is 17.3 Å². The first-order valence-corrected chi connectivity index (χ1v) is 6.25. The zero-order valence-electron chi connectivity index (χ0n) is 11.0. The summed E-state index contributed by atoms with van der Waals surface area (Å²) in [5.41, 5.74) is 4.27. The van der Waals surface area contributed by atoms with E-state index in [1.807, 2.05) is 31.2 Å². The van der Waals surface area contributed by atoms with E-state index in [0.29, 0.717) is 6.61 Å². The third-order valence-electron chi connectivity index (χ3n) is 3.31. The lowest BCUT2D eigenvalue weighted by Gasteiger charge is -2.11. The highest BCUT2D eigenvalue weighted by molar-refractivity contribution is 5.84. The summed E-state index contributed by atoms with van der Waals surface area (Å²) in [6, 6.07) is 9.90. The van der Waals surface area contributed by atoms with Crippen LogP contribution in [0.3, 0.4) is 0 Å². The largest absolute Gasteiger partial charge is 0.497 e. The first-order chi connectivity index (χ1) is 9.33. The van der Waals surface area contributed by atoms with E-state index >= 15 is 0 Å². The Bertz CT molecular complexity index is 647. The SMILES string of the molecule is C/C=C1/c2cc(OC)ccc2OCc2ncccc21. The molecule has 1 aromatic heterocycles. The number of pyridine rings is 1. The van der Waals surface area contributed by atoms with Gasteiger partial charge in [-0.05, 0) is 36.8 Å². The summed E-state index contributed by atoms with van der Waals surface area (Å²) in [4.78, 5) is 4.41. The van der Waals surface area contributed by atoms with Crippen molar-refractivity contribution < 1.29 is 9.47 Å². The predicted octanol–water partition coefficient (Wildman–Crippen LogP) is 3.43. The number of rotatable bonds is 1. The number of benzene rings is 1. The van der Waals surface area contributed by atoms with Gasteiger partial charge in [-0.2, -0.15) is 0 Å². The Morgan fingerprint density at radius 2 is 2.16 bits per heavy atom. The molecule has 2 aromatic rings. The minimum absolute atomic E-state index is 0.493. The molecule has 0 radical (unpaired) electrons. The van der Waals surface area contributed by atoms with Crippen molar-refractivity contribution in [3.8, 4) is 11.5 Å². The smallest absolute Gasteiger partial charge is 0.131 e. The molecule has 1 aliphatic rings. The molecule has 2 heterocycles. The number of allylic oxidation sites excluding steroid dienone is 1. The molecule has 3 heteroatoms. The molecule has 0 unspecified atom stereocenters. The van der Waals surface area contributed by atoms with E-state index in [2.05, 4.69) is 17.1 Å². The van der Waals surface area contributed by atoms with E-state index in [0.717, 1.165) is 33.9 Å². The highest BCUT2D eigenvalue weighted by atomic mass is 16.5. The summed E-state index contributed by atoms with van der Waals surface area (Å²) in [5, 5.41) is 0. The zero-order valence-corrected chi connectivity index (χ0v) is 11.0. The molecular weight excluding hydrogens is 238 g/mol. The average Bonchev–Trinajstić information content (AvgIpc) is 2.62. The molecule has 0 amide bonds. The Morgan fingerprint density at radius 1 is 1.26 bits per heavy atom. The van der Waals surface area contributed by atoms with Crippen LogP contribution >= 0.6 is 0 Å². The van der Waals surface area contributed by atoms with E-state index in [1.54, 1.807) is 13.3 Å². The molecule has 0 spiro atoms. The lowest BCUT2D eigenvalue weighted by atomic mass is 9.96. The minimum atomic E-state index is 0.493. The van der Waals surface area contributed by atoms with E-state index in [-0.39, 0.29) is 0 Å². The molecule has 3 nitrogen and oxygen atoms in total. The van der Waals surface area contributed by atoms with Crippen LogP contribution in [0.5, 0.6) is 11.5 Å². The third kappa shape index (κ3) is 1.97. The molecule has 0 aliphatic carbocycles. The Morgan fingerprint density at radius 3 is 2.95 bits per heavy atom. The normalized spacial score (nSPS) is 15.2. The van der Waals surface area contributed by atoms with Crippen molar-refractivity contribution in [2.24, 2.45) is 0 Å². The fourth-order valence-corrected chi connectivity index (χ4v) is 2.37. The van der Waals surface area contributed by atoms with Crippen LogP contribution in [0.2, 0.25) is 0 Å². The summed E-state index contributed by atoms with van der Waals surface area (Å²) in [5.74, 6) is 1.70. The van der Waals surface area contributed by atoms with Crippen LogP contribution in [0.15, 0.2) is 42.6 Å². The summed E-state index contributed by atoms with van der Waals surface area (Å²) in [7, 11) is 1.67. The maximum absolute atomic E-state index is 5.85. The highest BCUT2D eigenvalue weighted by Gasteiger charge is 2.19. The van der Waals surface area contributed by atoms with Gasteiger partial charge in [0.1, 0.15) is 18.1 Å². The molecule has 0 bridgehead atoms. The van der Waals surface area contributed by atoms with Gasteiger partial charge in [0.2, 0.25) is 0 Å². The number of hydrogen-bond donors (Lipinski definition) is 0. The van der Waals surface area contributed by atoms with Crippen molar-refractivity contribution in [1.29, 1.82) is 0 Å². The average molecular weight is 253 g/mol. The molecule has 19 heavy (non-hydrogen) atoms. The second-order valence-corrected chi connectivity index (χ2v) is 4.35. The predicted molar refractivity (Wildman–Crippen MR) is 74.3 cm³/mol. The molecule has 0 N–H and O–H groups in total. The number of hydrogen-bond acceptors (Lipinski definition) is 3. The molecule has 0 saturated carbocycles. The Labute approximate surface area is 112 Å². The van der Waals surface area contributed by atoms with Crippen molar-refractivity contribution in [3.63, 3.8) is 0 Å². The van der Waals surface area contributed by atoms with Crippen molar-refractivity contribution in [2.45, 2.75) is 13.5 Å².